The van der Waals surface area contributed by atoms with Gasteiger partial charge in [0.15, 0.2) is 5.78 Å². The number of carbonyl (C=O) groups excluding carboxylic acids is 1. The van der Waals surface area contributed by atoms with Crippen LogP contribution >= 0.6 is 12.6 Å². The van der Waals surface area contributed by atoms with Crippen molar-refractivity contribution < 1.29 is 4.79 Å². The molecule has 0 aliphatic heterocycles. The second kappa shape index (κ2) is 5.87. The highest BCUT2D eigenvalue weighted by molar-refractivity contribution is 7.81. The Hall–Kier alpha value is -1.54. The molecular formula is C16H16OS. The summed E-state index contributed by atoms with van der Waals surface area (Å²) in [5.74, 6) is -0.0683. The first-order chi connectivity index (χ1) is 8.70. The summed E-state index contributed by atoms with van der Waals surface area (Å²) >= 11 is 4.47. The van der Waals surface area contributed by atoms with Gasteiger partial charge in [0, 0.05) is 10.8 Å². The van der Waals surface area contributed by atoms with E-state index in [4.69, 9.17) is 0 Å². The first-order valence-electron chi connectivity index (χ1n) is 6.02. The third-order valence-electron chi connectivity index (χ3n) is 2.98. The van der Waals surface area contributed by atoms with Gasteiger partial charge < -0.3 is 0 Å². The Kier molecular flexibility index (Phi) is 4.21. The molecule has 2 aromatic rings. The zero-order valence-corrected chi connectivity index (χ0v) is 11.2. The molecule has 1 nitrogen and oxygen atoms in total. The van der Waals surface area contributed by atoms with Crippen LogP contribution in [0.15, 0.2) is 60.7 Å². The maximum atomic E-state index is 12.5. The van der Waals surface area contributed by atoms with E-state index < -0.39 is 0 Å². The molecule has 0 heterocycles. The van der Waals surface area contributed by atoms with E-state index in [0.29, 0.717) is 0 Å². The summed E-state index contributed by atoms with van der Waals surface area (Å²) in [4.78, 5) is 12.5. The first kappa shape index (κ1) is 12.9. The fourth-order valence-electron chi connectivity index (χ4n) is 2.09. The summed E-state index contributed by atoms with van der Waals surface area (Å²) in [6.45, 7) is 1.96. The monoisotopic (exact) mass is 256 g/mol. The van der Waals surface area contributed by atoms with Crippen molar-refractivity contribution in [3.05, 3.63) is 71.8 Å². The standard InChI is InChI=1S/C16H16OS/c1-12(18)15(13-8-4-2-5-9-13)16(17)14-10-6-3-7-11-14/h2-12,15,18H,1H3. The number of benzene rings is 2. The van der Waals surface area contributed by atoms with Crippen LogP contribution in [0, 0.1) is 0 Å². The number of carbonyl (C=O) groups is 1. The van der Waals surface area contributed by atoms with Gasteiger partial charge in [-0.25, -0.2) is 0 Å². The molecule has 0 N–H and O–H groups in total. The highest BCUT2D eigenvalue weighted by Crippen LogP contribution is 2.27. The van der Waals surface area contributed by atoms with Crippen LogP contribution in [0.3, 0.4) is 0 Å². The molecule has 0 saturated heterocycles. The minimum Gasteiger partial charge on any atom is -0.293 e. The third-order valence-corrected chi connectivity index (χ3v) is 3.28. The summed E-state index contributed by atoms with van der Waals surface area (Å²) < 4.78 is 0. The van der Waals surface area contributed by atoms with Crippen LogP contribution < -0.4 is 0 Å². The quantitative estimate of drug-likeness (QED) is 0.647. The Morgan fingerprint density at radius 2 is 1.44 bits per heavy atom. The number of thiol groups is 1. The van der Waals surface area contributed by atoms with Crippen LogP contribution in [0.4, 0.5) is 0 Å². The SMILES string of the molecule is CC(S)C(C(=O)c1ccccc1)c1ccccc1. The van der Waals surface area contributed by atoms with Crippen LogP contribution in [0.25, 0.3) is 0 Å². The lowest BCUT2D eigenvalue weighted by molar-refractivity contribution is 0.0960. The van der Waals surface area contributed by atoms with Crippen LogP contribution in [-0.4, -0.2) is 11.0 Å². The normalized spacial score (nSPS) is 13.9. The van der Waals surface area contributed by atoms with Crippen molar-refractivity contribution in [2.24, 2.45) is 0 Å². The van der Waals surface area contributed by atoms with Crippen molar-refractivity contribution >= 4 is 18.4 Å². The molecule has 18 heavy (non-hydrogen) atoms. The van der Waals surface area contributed by atoms with Gasteiger partial charge in [0.2, 0.25) is 0 Å². The molecule has 0 aromatic heterocycles. The van der Waals surface area contributed by atoms with Crippen LogP contribution in [0.2, 0.25) is 0 Å². The Morgan fingerprint density at radius 3 is 1.94 bits per heavy atom. The number of hydrogen-bond acceptors (Lipinski definition) is 2. The van der Waals surface area contributed by atoms with Gasteiger partial charge >= 0.3 is 0 Å². The molecule has 2 heteroatoms. The molecule has 0 radical (unpaired) electrons. The van der Waals surface area contributed by atoms with Crippen molar-refractivity contribution in [1.29, 1.82) is 0 Å². The van der Waals surface area contributed by atoms with Gasteiger partial charge in [-0.05, 0) is 5.56 Å². The van der Waals surface area contributed by atoms with E-state index in [2.05, 4.69) is 12.6 Å². The summed E-state index contributed by atoms with van der Waals surface area (Å²) in [6.07, 6.45) is 0. The van der Waals surface area contributed by atoms with E-state index in [9.17, 15) is 4.79 Å². The predicted octanol–water partition coefficient (Wildman–Crippen LogP) is 3.97. The van der Waals surface area contributed by atoms with Crippen molar-refractivity contribution in [3.63, 3.8) is 0 Å². The largest absolute Gasteiger partial charge is 0.293 e. The molecule has 0 bridgehead atoms. The Balaban J connectivity index is 2.35. The molecule has 92 valence electrons. The van der Waals surface area contributed by atoms with Crippen molar-refractivity contribution in [2.45, 2.75) is 18.1 Å². The first-order valence-corrected chi connectivity index (χ1v) is 6.54. The summed E-state index contributed by atoms with van der Waals surface area (Å²) in [5, 5.41) is -0.0138. The van der Waals surface area contributed by atoms with E-state index in [1.54, 1.807) is 0 Å². The smallest absolute Gasteiger partial charge is 0.171 e. The fourth-order valence-corrected chi connectivity index (χ4v) is 2.40. The minimum atomic E-state index is -0.197. The van der Waals surface area contributed by atoms with Crippen LogP contribution in [0.5, 0.6) is 0 Å². The molecular weight excluding hydrogens is 240 g/mol. The van der Waals surface area contributed by atoms with E-state index in [1.807, 2.05) is 67.6 Å². The van der Waals surface area contributed by atoms with Crippen molar-refractivity contribution in [3.8, 4) is 0 Å². The number of hydrogen-bond donors (Lipinski definition) is 1. The van der Waals surface area contributed by atoms with Gasteiger partial charge in [-0.1, -0.05) is 67.6 Å². The maximum absolute atomic E-state index is 12.5. The van der Waals surface area contributed by atoms with E-state index in [-0.39, 0.29) is 17.0 Å². The van der Waals surface area contributed by atoms with E-state index in [0.717, 1.165) is 11.1 Å². The molecule has 0 saturated carbocycles. The molecule has 2 atom stereocenters. The number of rotatable bonds is 4. The summed E-state index contributed by atoms with van der Waals surface area (Å²) in [5.41, 5.74) is 1.76. The molecule has 0 fully saturated rings. The average Bonchev–Trinajstić information content (AvgIpc) is 2.40. The lowest BCUT2D eigenvalue weighted by Crippen LogP contribution is -2.20. The zero-order valence-electron chi connectivity index (χ0n) is 10.3. The zero-order chi connectivity index (χ0) is 13.0. The molecule has 0 aliphatic carbocycles. The van der Waals surface area contributed by atoms with Crippen LogP contribution in [0.1, 0.15) is 28.8 Å². The third kappa shape index (κ3) is 2.82. The van der Waals surface area contributed by atoms with Crippen LogP contribution in [-0.2, 0) is 0 Å². The molecule has 0 aliphatic rings. The summed E-state index contributed by atoms with van der Waals surface area (Å²) in [6, 6.07) is 19.2. The number of ketones is 1. The van der Waals surface area contributed by atoms with E-state index in [1.165, 1.54) is 0 Å². The topological polar surface area (TPSA) is 17.1 Å². The van der Waals surface area contributed by atoms with Crippen molar-refractivity contribution in [2.75, 3.05) is 0 Å². The van der Waals surface area contributed by atoms with Gasteiger partial charge in [0.05, 0.1) is 5.92 Å². The molecule has 2 aromatic carbocycles. The fraction of sp³-hybridized carbons (Fsp3) is 0.188. The highest BCUT2D eigenvalue weighted by Gasteiger charge is 2.25. The minimum absolute atomic E-state index is 0.0138. The Bertz CT molecular complexity index is 505. The van der Waals surface area contributed by atoms with Gasteiger partial charge in [-0.2, -0.15) is 12.6 Å². The average molecular weight is 256 g/mol. The van der Waals surface area contributed by atoms with Gasteiger partial charge in [0.1, 0.15) is 0 Å². The second-order valence-electron chi connectivity index (χ2n) is 4.36. The van der Waals surface area contributed by atoms with E-state index >= 15 is 0 Å². The maximum Gasteiger partial charge on any atom is 0.171 e. The van der Waals surface area contributed by atoms with Gasteiger partial charge in [0.25, 0.3) is 0 Å². The van der Waals surface area contributed by atoms with Gasteiger partial charge in [-0.15, -0.1) is 0 Å². The molecule has 2 unspecified atom stereocenters. The summed E-state index contributed by atoms with van der Waals surface area (Å²) in [7, 11) is 0. The molecule has 0 amide bonds. The lowest BCUT2D eigenvalue weighted by Gasteiger charge is -2.19. The van der Waals surface area contributed by atoms with Crippen molar-refractivity contribution in [1.82, 2.24) is 0 Å². The number of Topliss-reactive ketones (excluding diaryl/α,β-unsaturated/α-hetero) is 1. The Labute approximate surface area is 113 Å². The predicted molar refractivity (Wildman–Crippen MR) is 78.4 cm³/mol. The highest BCUT2D eigenvalue weighted by atomic mass is 32.1. The second-order valence-corrected chi connectivity index (χ2v) is 5.17. The molecule has 2 rings (SSSR count). The molecule has 0 spiro atoms. The Morgan fingerprint density at radius 1 is 0.944 bits per heavy atom. The lowest BCUT2D eigenvalue weighted by atomic mass is 9.88. The van der Waals surface area contributed by atoms with Gasteiger partial charge in [-0.3, -0.25) is 4.79 Å².